The van der Waals surface area contributed by atoms with E-state index >= 15 is 0 Å². The Balaban J connectivity index is 1.66. The van der Waals surface area contributed by atoms with E-state index in [1.165, 1.54) is 35.6 Å². The van der Waals surface area contributed by atoms with Crippen molar-refractivity contribution in [3.05, 3.63) is 30.1 Å². The van der Waals surface area contributed by atoms with Crippen molar-refractivity contribution in [3.63, 3.8) is 0 Å². The summed E-state index contributed by atoms with van der Waals surface area (Å²) in [5.41, 5.74) is 0.466. The Morgan fingerprint density at radius 1 is 1.05 bits per heavy atom. The first kappa shape index (κ1) is 12.8. The molecule has 3 aliphatic rings. The van der Waals surface area contributed by atoms with Gasteiger partial charge < -0.3 is 4.90 Å². The molecular formula is C16H17FN2O2. The second-order valence-corrected chi connectivity index (χ2v) is 6.20. The predicted molar refractivity (Wildman–Crippen MR) is 75.3 cm³/mol. The average molecular weight is 288 g/mol. The van der Waals surface area contributed by atoms with Gasteiger partial charge in [0.25, 0.3) is 5.91 Å². The Morgan fingerprint density at radius 3 is 2.52 bits per heavy atom. The summed E-state index contributed by atoms with van der Waals surface area (Å²) in [5.74, 6) is -0.0429. The number of fused-ring (bicyclic) bond motifs is 3. The van der Waals surface area contributed by atoms with Gasteiger partial charge >= 0.3 is 6.03 Å². The van der Waals surface area contributed by atoms with E-state index in [1.807, 2.05) is 0 Å². The van der Waals surface area contributed by atoms with Crippen LogP contribution >= 0.6 is 0 Å². The minimum absolute atomic E-state index is 0.152. The van der Waals surface area contributed by atoms with Crippen molar-refractivity contribution < 1.29 is 14.0 Å². The van der Waals surface area contributed by atoms with Gasteiger partial charge in [-0.3, -0.25) is 4.79 Å². The summed E-state index contributed by atoms with van der Waals surface area (Å²) < 4.78 is 13.0. The molecule has 1 aliphatic carbocycles. The lowest BCUT2D eigenvalue weighted by molar-refractivity contribution is -0.119. The number of hydrogen-bond donors (Lipinski definition) is 0. The highest BCUT2D eigenvalue weighted by atomic mass is 19.1. The van der Waals surface area contributed by atoms with Crippen molar-refractivity contribution in [2.45, 2.75) is 44.2 Å². The van der Waals surface area contributed by atoms with Gasteiger partial charge in [-0.2, -0.15) is 0 Å². The lowest BCUT2D eigenvalue weighted by atomic mass is 9.84. The Hall–Kier alpha value is -1.91. The summed E-state index contributed by atoms with van der Waals surface area (Å²) in [6.45, 7) is 0. The van der Waals surface area contributed by atoms with Crippen LogP contribution in [0.5, 0.6) is 0 Å². The molecule has 3 amide bonds. The molecule has 0 aromatic heterocycles. The molecule has 3 atom stereocenters. The second kappa shape index (κ2) is 4.55. The monoisotopic (exact) mass is 288 g/mol. The van der Waals surface area contributed by atoms with E-state index in [-0.39, 0.29) is 29.8 Å². The SMILES string of the molecule is O=C1C2CC3CCCCC3N2C(=O)N1c1ccc(F)cc1. The molecule has 1 aromatic carbocycles. The maximum Gasteiger partial charge on any atom is 0.332 e. The van der Waals surface area contributed by atoms with Crippen molar-refractivity contribution >= 4 is 17.6 Å². The number of halogens is 1. The van der Waals surface area contributed by atoms with Crippen LogP contribution in [0, 0.1) is 11.7 Å². The van der Waals surface area contributed by atoms with Crippen LogP contribution in [0.3, 0.4) is 0 Å². The molecule has 1 aromatic rings. The normalized spacial score (nSPS) is 31.6. The third-order valence-corrected chi connectivity index (χ3v) is 5.09. The molecule has 4 nitrogen and oxygen atoms in total. The number of nitrogens with zero attached hydrogens (tertiary/aromatic N) is 2. The highest BCUT2D eigenvalue weighted by Crippen LogP contribution is 2.44. The predicted octanol–water partition coefficient (Wildman–Crippen LogP) is 2.93. The van der Waals surface area contributed by atoms with Crippen LogP contribution in [-0.2, 0) is 4.79 Å². The summed E-state index contributed by atoms with van der Waals surface area (Å²) in [6, 6.07) is 5.22. The fourth-order valence-corrected chi connectivity index (χ4v) is 4.14. The molecule has 3 fully saturated rings. The first-order valence-corrected chi connectivity index (χ1v) is 7.58. The Morgan fingerprint density at radius 2 is 1.76 bits per heavy atom. The number of hydrogen-bond acceptors (Lipinski definition) is 2. The van der Waals surface area contributed by atoms with Crippen LogP contribution in [-0.4, -0.2) is 28.9 Å². The van der Waals surface area contributed by atoms with E-state index in [0.717, 1.165) is 25.7 Å². The number of urea groups is 1. The molecule has 2 heterocycles. The highest BCUT2D eigenvalue weighted by molar-refractivity contribution is 6.21. The average Bonchev–Trinajstić information content (AvgIpc) is 2.98. The van der Waals surface area contributed by atoms with Gasteiger partial charge in [0.2, 0.25) is 0 Å². The first-order chi connectivity index (χ1) is 10.2. The zero-order chi connectivity index (χ0) is 14.6. The first-order valence-electron chi connectivity index (χ1n) is 7.58. The largest absolute Gasteiger partial charge is 0.332 e. The molecule has 110 valence electrons. The maximum absolute atomic E-state index is 13.0. The molecule has 0 radical (unpaired) electrons. The number of carbonyl (C=O) groups excluding carboxylic acids is 2. The number of benzene rings is 1. The summed E-state index contributed by atoms with van der Waals surface area (Å²) >= 11 is 0. The van der Waals surface area contributed by atoms with E-state index in [0.29, 0.717) is 11.6 Å². The van der Waals surface area contributed by atoms with Crippen LogP contribution in [0.1, 0.15) is 32.1 Å². The second-order valence-electron chi connectivity index (χ2n) is 6.20. The summed E-state index contributed by atoms with van der Waals surface area (Å²) in [7, 11) is 0. The zero-order valence-corrected chi connectivity index (χ0v) is 11.7. The summed E-state index contributed by atoms with van der Waals surface area (Å²) in [6.07, 6.45) is 5.23. The molecule has 0 bridgehead atoms. The molecular weight excluding hydrogens is 271 g/mol. The molecule has 2 aliphatic heterocycles. The number of carbonyl (C=O) groups is 2. The van der Waals surface area contributed by atoms with Crippen LogP contribution in [0.2, 0.25) is 0 Å². The minimum Gasteiger partial charge on any atom is -0.309 e. The third kappa shape index (κ3) is 1.79. The summed E-state index contributed by atoms with van der Waals surface area (Å²) in [5, 5.41) is 0. The van der Waals surface area contributed by atoms with Crippen molar-refractivity contribution in [2.75, 3.05) is 4.90 Å². The zero-order valence-electron chi connectivity index (χ0n) is 11.7. The van der Waals surface area contributed by atoms with E-state index in [2.05, 4.69) is 0 Å². The van der Waals surface area contributed by atoms with Gasteiger partial charge in [-0.05, 0) is 49.4 Å². The van der Waals surface area contributed by atoms with Crippen LogP contribution in [0.15, 0.2) is 24.3 Å². The Labute approximate surface area is 122 Å². The molecule has 1 saturated carbocycles. The van der Waals surface area contributed by atoms with E-state index in [9.17, 15) is 14.0 Å². The molecule has 5 heteroatoms. The van der Waals surface area contributed by atoms with Gasteiger partial charge in [-0.15, -0.1) is 0 Å². The van der Waals surface area contributed by atoms with Gasteiger partial charge in [0.05, 0.1) is 5.69 Å². The van der Waals surface area contributed by atoms with Crippen LogP contribution in [0.4, 0.5) is 14.9 Å². The van der Waals surface area contributed by atoms with Gasteiger partial charge in [0, 0.05) is 6.04 Å². The van der Waals surface area contributed by atoms with E-state index < -0.39 is 0 Å². The lowest BCUT2D eigenvalue weighted by Crippen LogP contribution is -2.41. The number of amides is 3. The fraction of sp³-hybridized carbons (Fsp3) is 0.500. The van der Waals surface area contributed by atoms with Crippen LogP contribution in [0.25, 0.3) is 0 Å². The number of imide groups is 1. The van der Waals surface area contributed by atoms with Crippen LogP contribution < -0.4 is 4.90 Å². The van der Waals surface area contributed by atoms with Crippen molar-refractivity contribution in [1.29, 1.82) is 0 Å². The maximum atomic E-state index is 13.0. The van der Waals surface area contributed by atoms with Gasteiger partial charge in [0.1, 0.15) is 11.9 Å². The fourth-order valence-electron chi connectivity index (χ4n) is 4.14. The van der Waals surface area contributed by atoms with Gasteiger partial charge in [-0.25, -0.2) is 14.1 Å². The topological polar surface area (TPSA) is 40.6 Å². The molecule has 4 rings (SSSR count). The Bertz CT molecular complexity index is 601. The van der Waals surface area contributed by atoms with Crippen molar-refractivity contribution in [1.82, 2.24) is 4.90 Å². The lowest BCUT2D eigenvalue weighted by Gasteiger charge is -2.30. The molecule has 0 N–H and O–H groups in total. The molecule has 3 unspecified atom stereocenters. The highest BCUT2D eigenvalue weighted by Gasteiger charge is 2.55. The molecule has 0 spiro atoms. The van der Waals surface area contributed by atoms with E-state index in [1.54, 1.807) is 4.90 Å². The van der Waals surface area contributed by atoms with Crippen molar-refractivity contribution in [2.24, 2.45) is 5.92 Å². The Kier molecular flexibility index (Phi) is 2.77. The van der Waals surface area contributed by atoms with Crippen molar-refractivity contribution in [3.8, 4) is 0 Å². The quantitative estimate of drug-likeness (QED) is 0.745. The third-order valence-electron chi connectivity index (χ3n) is 5.09. The number of anilines is 1. The number of rotatable bonds is 1. The molecule has 21 heavy (non-hydrogen) atoms. The van der Waals surface area contributed by atoms with Gasteiger partial charge in [0.15, 0.2) is 0 Å². The van der Waals surface area contributed by atoms with E-state index in [4.69, 9.17) is 0 Å². The summed E-state index contributed by atoms with van der Waals surface area (Å²) in [4.78, 5) is 28.3. The standard InChI is InChI=1S/C16H17FN2O2/c17-11-5-7-12(8-6-11)18-15(20)14-9-10-3-1-2-4-13(10)19(14)16(18)21/h5-8,10,13-14H,1-4,9H2. The molecule has 2 saturated heterocycles. The minimum atomic E-state index is -0.370. The smallest absolute Gasteiger partial charge is 0.309 e. The van der Waals surface area contributed by atoms with Gasteiger partial charge in [-0.1, -0.05) is 12.8 Å².